The number of pyridine rings is 1. The Morgan fingerprint density at radius 3 is 2.52 bits per heavy atom. The van der Waals surface area contributed by atoms with Crippen molar-refractivity contribution in [2.75, 3.05) is 13.1 Å². The third-order valence-corrected chi connectivity index (χ3v) is 8.95. The van der Waals surface area contributed by atoms with Crippen LogP contribution in [0.25, 0.3) is 0 Å². The molecule has 0 spiro atoms. The highest BCUT2D eigenvalue weighted by atomic mass is 32.2. The molecule has 1 aliphatic heterocycles. The third kappa shape index (κ3) is 4.54. The minimum Gasteiger partial charge on any atom is -0.348 e. The summed E-state index contributed by atoms with van der Waals surface area (Å²) in [5.41, 5.74) is 0. The van der Waals surface area contributed by atoms with Gasteiger partial charge in [-0.05, 0) is 55.2 Å². The van der Waals surface area contributed by atoms with Gasteiger partial charge in [0.05, 0.1) is 6.04 Å². The molecule has 8 heteroatoms. The number of hydrogen-bond donors (Lipinski definition) is 1. The van der Waals surface area contributed by atoms with E-state index >= 15 is 0 Å². The molecule has 156 valence electrons. The number of nitrogens with one attached hydrogen (secondary N) is 1. The lowest BCUT2D eigenvalue weighted by Gasteiger charge is -2.32. The van der Waals surface area contributed by atoms with Gasteiger partial charge in [0.1, 0.15) is 4.90 Å². The molecular weight excluding hydrogens is 406 g/mol. The highest BCUT2D eigenvalue weighted by Gasteiger charge is 2.34. The second-order valence-corrected chi connectivity index (χ2v) is 10.8. The van der Waals surface area contributed by atoms with Crippen molar-refractivity contribution < 1.29 is 13.2 Å². The Bertz CT molecular complexity index is 902. The number of rotatable bonds is 6. The molecule has 1 aliphatic carbocycles. The van der Waals surface area contributed by atoms with Crippen LogP contribution in [0.3, 0.4) is 0 Å². The summed E-state index contributed by atoms with van der Waals surface area (Å²) in [6, 6.07) is 7.42. The molecule has 1 N–H and O–H groups in total. The first-order valence-electron chi connectivity index (χ1n) is 10.3. The first-order chi connectivity index (χ1) is 14.1. The number of sulfonamides is 1. The van der Waals surface area contributed by atoms with Crippen LogP contribution in [0.2, 0.25) is 0 Å². The van der Waals surface area contributed by atoms with Gasteiger partial charge in [-0.1, -0.05) is 18.9 Å². The zero-order chi connectivity index (χ0) is 20.3. The lowest BCUT2D eigenvalue weighted by molar-refractivity contribution is -0.127. The lowest BCUT2D eigenvalue weighted by Crippen LogP contribution is -2.44. The number of piperidine rings is 1. The molecule has 0 bridgehead atoms. The molecule has 0 radical (unpaired) electrons. The van der Waals surface area contributed by atoms with Crippen LogP contribution in [0.1, 0.15) is 49.4 Å². The molecule has 29 heavy (non-hydrogen) atoms. The number of carbonyl (C=O) groups excluding carboxylic acids is 1. The molecule has 4 rings (SSSR count). The van der Waals surface area contributed by atoms with E-state index in [1.54, 1.807) is 29.7 Å². The summed E-state index contributed by atoms with van der Waals surface area (Å²) in [5, 5.41) is 5.37. The van der Waals surface area contributed by atoms with Crippen molar-refractivity contribution in [3.63, 3.8) is 0 Å². The SMILES string of the molecule is O=C(N[C@@H](c1cccs1)C1CCCC1)C1CCN(S(=O)(=O)c2cccnc2)CC1. The zero-order valence-electron chi connectivity index (χ0n) is 16.4. The molecule has 1 amide bonds. The van der Waals surface area contributed by atoms with E-state index in [2.05, 4.69) is 21.7 Å². The van der Waals surface area contributed by atoms with Crippen molar-refractivity contribution in [1.82, 2.24) is 14.6 Å². The molecule has 1 saturated carbocycles. The van der Waals surface area contributed by atoms with Crippen molar-refractivity contribution in [2.24, 2.45) is 11.8 Å². The van der Waals surface area contributed by atoms with Crippen LogP contribution in [0.4, 0.5) is 0 Å². The molecule has 3 heterocycles. The minimum atomic E-state index is -3.54. The fourth-order valence-electron chi connectivity index (χ4n) is 4.46. The molecule has 0 aromatic carbocycles. The normalized spacial score (nSPS) is 20.6. The maximum absolute atomic E-state index is 13.0. The van der Waals surface area contributed by atoms with E-state index in [0.717, 1.165) is 12.8 Å². The van der Waals surface area contributed by atoms with Crippen molar-refractivity contribution in [2.45, 2.75) is 49.5 Å². The van der Waals surface area contributed by atoms with Gasteiger partial charge in [-0.15, -0.1) is 11.3 Å². The van der Waals surface area contributed by atoms with E-state index in [9.17, 15) is 13.2 Å². The monoisotopic (exact) mass is 433 g/mol. The predicted octanol–water partition coefficient (Wildman–Crippen LogP) is 3.59. The van der Waals surface area contributed by atoms with Crippen molar-refractivity contribution in [3.05, 3.63) is 46.9 Å². The zero-order valence-corrected chi connectivity index (χ0v) is 18.0. The van der Waals surface area contributed by atoms with Crippen molar-refractivity contribution >= 4 is 27.3 Å². The van der Waals surface area contributed by atoms with Crippen molar-refractivity contribution in [3.8, 4) is 0 Å². The molecule has 2 aromatic rings. The fourth-order valence-corrected chi connectivity index (χ4v) is 6.76. The van der Waals surface area contributed by atoms with E-state index in [0.29, 0.717) is 31.8 Å². The van der Waals surface area contributed by atoms with Crippen LogP contribution < -0.4 is 5.32 Å². The molecule has 1 atom stereocenters. The standard InChI is InChI=1S/C21H27N3O3S2/c25-21(23-20(16-5-1-2-6-16)19-8-4-14-28-19)17-9-12-24(13-10-17)29(26,27)18-7-3-11-22-15-18/h3-4,7-8,11,14-17,20H,1-2,5-6,9-10,12-13H2,(H,23,25)/t20-/m1/s1. The Kier molecular flexibility index (Phi) is 6.32. The molecule has 2 aromatic heterocycles. The smallest absolute Gasteiger partial charge is 0.244 e. The summed E-state index contributed by atoms with van der Waals surface area (Å²) in [4.78, 5) is 18.4. The summed E-state index contributed by atoms with van der Waals surface area (Å²) in [7, 11) is -3.54. The Labute approximate surface area is 176 Å². The second kappa shape index (κ2) is 8.93. The van der Waals surface area contributed by atoms with Gasteiger partial charge in [-0.2, -0.15) is 4.31 Å². The molecule has 6 nitrogen and oxygen atoms in total. The molecule has 2 aliphatic rings. The van der Waals surface area contributed by atoms with E-state index in [1.165, 1.54) is 28.2 Å². The molecule has 2 fully saturated rings. The van der Waals surface area contributed by atoms with E-state index < -0.39 is 10.0 Å². The predicted molar refractivity (Wildman–Crippen MR) is 113 cm³/mol. The van der Waals surface area contributed by atoms with Gasteiger partial charge in [0.25, 0.3) is 0 Å². The van der Waals surface area contributed by atoms with Gasteiger partial charge in [0.2, 0.25) is 15.9 Å². The largest absolute Gasteiger partial charge is 0.348 e. The Hall–Kier alpha value is -1.77. The maximum atomic E-state index is 13.0. The van der Waals surface area contributed by atoms with Crippen LogP contribution in [-0.2, 0) is 14.8 Å². The van der Waals surface area contributed by atoms with Crippen LogP contribution in [0.15, 0.2) is 46.9 Å². The molecule has 1 saturated heterocycles. The number of hydrogen-bond acceptors (Lipinski definition) is 5. The average molecular weight is 434 g/mol. The number of thiophene rings is 1. The van der Waals surface area contributed by atoms with Gasteiger partial charge >= 0.3 is 0 Å². The second-order valence-electron chi connectivity index (χ2n) is 7.91. The summed E-state index contributed by atoms with van der Waals surface area (Å²) in [6.07, 6.45) is 8.81. The first-order valence-corrected chi connectivity index (χ1v) is 12.6. The Balaban J connectivity index is 1.38. The average Bonchev–Trinajstić information content (AvgIpc) is 3.47. The number of aromatic nitrogens is 1. The maximum Gasteiger partial charge on any atom is 0.244 e. The van der Waals surface area contributed by atoms with Gasteiger partial charge in [-0.3, -0.25) is 9.78 Å². The molecule has 0 unspecified atom stereocenters. The van der Waals surface area contributed by atoms with E-state index in [4.69, 9.17) is 0 Å². The quantitative estimate of drug-likeness (QED) is 0.755. The van der Waals surface area contributed by atoms with Gasteiger partial charge < -0.3 is 5.32 Å². The van der Waals surface area contributed by atoms with Crippen LogP contribution in [-0.4, -0.2) is 36.7 Å². The third-order valence-electron chi connectivity index (χ3n) is 6.12. The highest BCUT2D eigenvalue weighted by molar-refractivity contribution is 7.89. The summed E-state index contributed by atoms with van der Waals surface area (Å²) < 4.78 is 27.0. The first kappa shape index (κ1) is 20.5. The highest BCUT2D eigenvalue weighted by Crippen LogP contribution is 2.38. The van der Waals surface area contributed by atoms with Crippen LogP contribution >= 0.6 is 11.3 Å². The fraction of sp³-hybridized carbons (Fsp3) is 0.524. The number of carbonyl (C=O) groups is 1. The summed E-state index contributed by atoms with van der Waals surface area (Å²) in [6.45, 7) is 0.727. The minimum absolute atomic E-state index is 0.0636. The van der Waals surface area contributed by atoms with Crippen LogP contribution in [0, 0.1) is 11.8 Å². The Morgan fingerprint density at radius 2 is 1.90 bits per heavy atom. The lowest BCUT2D eigenvalue weighted by atomic mass is 9.93. The topological polar surface area (TPSA) is 79.4 Å². The summed E-state index contributed by atoms with van der Waals surface area (Å²) in [5.74, 6) is 0.427. The summed E-state index contributed by atoms with van der Waals surface area (Å²) >= 11 is 1.70. The van der Waals surface area contributed by atoms with Gasteiger partial charge in [0.15, 0.2) is 0 Å². The van der Waals surface area contributed by atoms with Gasteiger partial charge in [-0.25, -0.2) is 8.42 Å². The van der Waals surface area contributed by atoms with Gasteiger partial charge in [0, 0.05) is 36.3 Å². The van der Waals surface area contributed by atoms with E-state index in [-0.39, 0.29) is 22.8 Å². The Morgan fingerprint density at radius 1 is 1.14 bits per heavy atom. The van der Waals surface area contributed by atoms with E-state index in [1.807, 2.05) is 6.07 Å². The number of amides is 1. The number of nitrogens with zero attached hydrogens (tertiary/aromatic N) is 2. The van der Waals surface area contributed by atoms with Crippen LogP contribution in [0.5, 0.6) is 0 Å². The molecular formula is C21H27N3O3S2. The van der Waals surface area contributed by atoms with Crippen molar-refractivity contribution in [1.29, 1.82) is 0 Å².